The lowest BCUT2D eigenvalue weighted by Crippen LogP contribution is -2.11. The van der Waals surface area contributed by atoms with Crippen molar-refractivity contribution in [2.24, 2.45) is 0 Å². The summed E-state index contributed by atoms with van der Waals surface area (Å²) < 4.78 is 9.26. The third kappa shape index (κ3) is 2.93. The Morgan fingerprint density at radius 1 is 0.875 bits per heavy atom. The van der Waals surface area contributed by atoms with Gasteiger partial charge in [-0.3, -0.25) is 0 Å². The highest BCUT2D eigenvalue weighted by Gasteiger charge is 2.25. The summed E-state index contributed by atoms with van der Waals surface area (Å²) in [4.78, 5) is 31.5. The summed E-state index contributed by atoms with van der Waals surface area (Å²) in [6, 6.07) is 0. The van der Waals surface area contributed by atoms with Gasteiger partial charge in [-0.05, 0) is 0 Å². The Labute approximate surface area is 146 Å². The number of anilines is 2. The quantitative estimate of drug-likeness (QED) is 0.785. The Balaban J connectivity index is 2.75. The maximum atomic E-state index is 11.8. The first-order valence-electron chi connectivity index (χ1n) is 6.38. The number of halogens is 2. The van der Waals surface area contributed by atoms with E-state index in [-0.39, 0.29) is 43.9 Å². The molecule has 2 rings (SSSR count). The van der Waals surface area contributed by atoms with Crippen molar-refractivity contribution in [3.05, 3.63) is 33.6 Å². The van der Waals surface area contributed by atoms with Crippen LogP contribution in [0.15, 0.2) is 12.4 Å². The summed E-state index contributed by atoms with van der Waals surface area (Å²) in [5.74, 6) is -1.74. The minimum absolute atomic E-state index is 0.0429. The summed E-state index contributed by atoms with van der Waals surface area (Å²) in [5, 5.41) is -0.0859. The van der Waals surface area contributed by atoms with Crippen LogP contribution in [0.25, 0.3) is 11.1 Å². The van der Waals surface area contributed by atoms with Crippen LogP contribution in [0.5, 0.6) is 0 Å². The summed E-state index contributed by atoms with van der Waals surface area (Å²) in [7, 11) is 2.36. The van der Waals surface area contributed by atoms with Gasteiger partial charge in [0, 0.05) is 23.5 Å². The highest BCUT2D eigenvalue weighted by atomic mass is 35.5. The molecule has 24 heavy (non-hydrogen) atoms. The lowest BCUT2D eigenvalue weighted by Gasteiger charge is -2.13. The molecular weight excluding hydrogens is 359 g/mol. The molecule has 0 bridgehead atoms. The topological polar surface area (TPSA) is 130 Å². The fourth-order valence-corrected chi connectivity index (χ4v) is 2.62. The van der Waals surface area contributed by atoms with Crippen LogP contribution in [-0.4, -0.2) is 36.1 Å². The van der Waals surface area contributed by atoms with Gasteiger partial charge in [-0.2, -0.15) is 0 Å². The van der Waals surface area contributed by atoms with Gasteiger partial charge in [0.05, 0.1) is 24.3 Å². The van der Waals surface area contributed by atoms with Gasteiger partial charge in [-0.15, -0.1) is 0 Å². The van der Waals surface area contributed by atoms with Crippen LogP contribution in [0.3, 0.4) is 0 Å². The summed E-state index contributed by atoms with van der Waals surface area (Å²) in [6.07, 6.45) is 2.59. The zero-order chi connectivity index (χ0) is 18.0. The van der Waals surface area contributed by atoms with Crippen LogP contribution >= 0.6 is 23.2 Å². The second kappa shape index (κ2) is 6.90. The number of nitrogens with two attached hydrogens (primary N) is 2. The summed E-state index contributed by atoms with van der Waals surface area (Å²) in [5.41, 5.74) is 11.6. The first-order valence-corrected chi connectivity index (χ1v) is 7.14. The van der Waals surface area contributed by atoms with Gasteiger partial charge in [0.25, 0.3) is 0 Å². The number of ether oxygens (including phenoxy) is 2. The van der Waals surface area contributed by atoms with Crippen molar-refractivity contribution in [1.82, 2.24) is 9.97 Å². The van der Waals surface area contributed by atoms with Crippen molar-refractivity contribution in [3.63, 3.8) is 0 Å². The van der Waals surface area contributed by atoms with E-state index in [0.29, 0.717) is 0 Å². The molecule has 2 aromatic heterocycles. The fraction of sp³-hybridized carbons (Fsp3) is 0.143. The molecule has 2 aromatic rings. The molecule has 0 aliphatic heterocycles. The van der Waals surface area contributed by atoms with Gasteiger partial charge in [0.1, 0.15) is 22.8 Å². The maximum absolute atomic E-state index is 11.8. The Hall–Kier alpha value is -2.58. The SMILES string of the molecule is COC(=O)c1c(N)ncc(-c2cnc(N)c(C(=O)OC)c2Cl)c1Cl. The summed E-state index contributed by atoms with van der Waals surface area (Å²) in [6.45, 7) is 0. The van der Waals surface area contributed by atoms with E-state index in [0.717, 1.165) is 0 Å². The Kier molecular flexibility index (Phi) is 5.10. The van der Waals surface area contributed by atoms with Gasteiger partial charge in [0.15, 0.2) is 0 Å². The van der Waals surface area contributed by atoms with Crippen molar-refractivity contribution >= 4 is 46.8 Å². The molecule has 0 unspecified atom stereocenters. The van der Waals surface area contributed by atoms with E-state index in [4.69, 9.17) is 34.7 Å². The number of pyridine rings is 2. The average Bonchev–Trinajstić information content (AvgIpc) is 2.55. The smallest absolute Gasteiger partial charge is 0.343 e. The number of hydrogen-bond donors (Lipinski definition) is 2. The van der Waals surface area contributed by atoms with Gasteiger partial charge in [-0.25, -0.2) is 19.6 Å². The Morgan fingerprint density at radius 2 is 1.21 bits per heavy atom. The van der Waals surface area contributed by atoms with E-state index in [1.54, 1.807) is 0 Å². The number of carbonyl (C=O) groups excluding carboxylic acids is 2. The zero-order valence-corrected chi connectivity index (χ0v) is 14.1. The van der Waals surface area contributed by atoms with Gasteiger partial charge in [0.2, 0.25) is 0 Å². The molecule has 2 heterocycles. The van der Waals surface area contributed by atoms with Crippen LogP contribution in [-0.2, 0) is 9.47 Å². The molecule has 8 nitrogen and oxygen atoms in total. The molecular formula is C14H12Cl2N4O4. The molecule has 4 N–H and O–H groups in total. The second-order valence-corrected chi connectivity index (χ2v) is 5.23. The van der Waals surface area contributed by atoms with E-state index in [1.165, 1.54) is 26.6 Å². The molecule has 0 atom stereocenters. The average molecular weight is 371 g/mol. The second-order valence-electron chi connectivity index (χ2n) is 4.48. The predicted molar refractivity (Wildman–Crippen MR) is 89.0 cm³/mol. The monoisotopic (exact) mass is 370 g/mol. The van der Waals surface area contributed by atoms with E-state index in [9.17, 15) is 9.59 Å². The minimum atomic E-state index is -0.764. The van der Waals surface area contributed by atoms with Gasteiger partial charge >= 0.3 is 11.9 Å². The number of methoxy groups -OCH3 is 2. The van der Waals surface area contributed by atoms with E-state index < -0.39 is 11.9 Å². The van der Waals surface area contributed by atoms with E-state index >= 15 is 0 Å². The van der Waals surface area contributed by atoms with Crippen LogP contribution in [0.2, 0.25) is 10.0 Å². The third-order valence-electron chi connectivity index (χ3n) is 3.16. The van der Waals surface area contributed by atoms with Crippen LogP contribution in [0.4, 0.5) is 11.6 Å². The molecule has 0 radical (unpaired) electrons. The molecule has 0 aliphatic carbocycles. The zero-order valence-electron chi connectivity index (χ0n) is 12.6. The van der Waals surface area contributed by atoms with Gasteiger partial charge in [-0.1, -0.05) is 23.2 Å². The molecule has 10 heteroatoms. The third-order valence-corrected chi connectivity index (χ3v) is 3.94. The van der Waals surface area contributed by atoms with Crippen molar-refractivity contribution < 1.29 is 19.1 Å². The maximum Gasteiger partial charge on any atom is 0.343 e. The molecule has 0 saturated heterocycles. The largest absolute Gasteiger partial charge is 0.465 e. The number of rotatable bonds is 3. The number of nitrogens with zero attached hydrogens (tertiary/aromatic N) is 2. The summed E-state index contributed by atoms with van der Waals surface area (Å²) >= 11 is 12.5. The molecule has 126 valence electrons. The van der Waals surface area contributed by atoms with Crippen molar-refractivity contribution in [3.8, 4) is 11.1 Å². The molecule has 0 saturated carbocycles. The van der Waals surface area contributed by atoms with Crippen molar-refractivity contribution in [1.29, 1.82) is 0 Å². The normalized spacial score (nSPS) is 10.3. The van der Waals surface area contributed by atoms with Gasteiger partial charge < -0.3 is 20.9 Å². The van der Waals surface area contributed by atoms with Crippen LogP contribution < -0.4 is 11.5 Å². The molecule has 0 aliphatic rings. The van der Waals surface area contributed by atoms with Crippen LogP contribution in [0.1, 0.15) is 20.7 Å². The number of hydrogen-bond acceptors (Lipinski definition) is 8. The standard InChI is InChI=1S/C14H12Cl2N4O4/c1-23-13(21)7-9(15)5(3-19-11(7)17)6-4-20-12(18)8(10(6)16)14(22)24-2/h3-4H,1-2H3,(H2,17,19)(H2,18,20). The fourth-order valence-electron chi connectivity index (χ4n) is 1.97. The highest BCUT2D eigenvalue weighted by molar-refractivity contribution is 6.40. The van der Waals surface area contributed by atoms with Crippen LogP contribution in [0, 0.1) is 0 Å². The highest BCUT2D eigenvalue weighted by Crippen LogP contribution is 2.38. The molecule has 0 amide bonds. The lowest BCUT2D eigenvalue weighted by molar-refractivity contribution is 0.0592. The number of carbonyl (C=O) groups is 2. The van der Waals surface area contributed by atoms with Crippen molar-refractivity contribution in [2.45, 2.75) is 0 Å². The Bertz CT molecular complexity index is 773. The number of aromatic nitrogens is 2. The molecule has 0 aromatic carbocycles. The number of esters is 2. The van der Waals surface area contributed by atoms with Crippen molar-refractivity contribution in [2.75, 3.05) is 25.7 Å². The number of nitrogen functional groups attached to an aromatic ring is 2. The predicted octanol–water partition coefficient (Wildman–Crippen LogP) is 2.19. The van der Waals surface area contributed by atoms with E-state index in [2.05, 4.69) is 19.4 Å². The first kappa shape index (κ1) is 17.8. The first-order chi connectivity index (χ1) is 11.3. The minimum Gasteiger partial charge on any atom is -0.465 e. The Morgan fingerprint density at radius 3 is 1.50 bits per heavy atom. The molecule has 0 fully saturated rings. The lowest BCUT2D eigenvalue weighted by atomic mass is 10.0. The molecule has 0 spiro atoms. The van der Waals surface area contributed by atoms with E-state index in [1.807, 2.05) is 0 Å².